The van der Waals surface area contributed by atoms with Crippen molar-refractivity contribution in [1.82, 2.24) is 5.32 Å². The number of rotatable bonds is 11. The lowest BCUT2D eigenvalue weighted by atomic mass is 9.91. The molecule has 0 radical (unpaired) electrons. The van der Waals surface area contributed by atoms with Crippen LogP contribution in [0.4, 0.5) is 0 Å². The molecule has 1 aromatic rings. The van der Waals surface area contributed by atoms with Gasteiger partial charge in [0, 0.05) is 6.54 Å². The Morgan fingerprint density at radius 3 is 2.56 bits per heavy atom. The Balaban J connectivity index is 2.88. The molecule has 0 aliphatic heterocycles. The Morgan fingerprint density at radius 1 is 1.41 bits per heavy atom. The van der Waals surface area contributed by atoms with Crippen molar-refractivity contribution < 1.29 is 14.7 Å². The SMILES string of the molecule is C=C(S/C(=C/C(CC(CC)c1ccc(OC)cc1)=N/O)SN)C(=O)NCC. The maximum absolute atomic E-state index is 11.8. The Bertz CT molecular complexity index is 688. The number of allylic oxidation sites excluding steroid dienone is 1. The number of ether oxygens (including phenoxy) is 1. The molecule has 0 aliphatic carbocycles. The van der Waals surface area contributed by atoms with Gasteiger partial charge in [0.05, 0.1) is 22.0 Å². The minimum atomic E-state index is -0.241. The molecular weight excluding hydrogens is 382 g/mol. The minimum absolute atomic E-state index is 0.179. The molecule has 1 rings (SSSR count). The molecular formula is C19H27N3O3S2. The summed E-state index contributed by atoms with van der Waals surface area (Å²) in [6.45, 7) is 8.21. The fourth-order valence-corrected chi connectivity index (χ4v) is 3.71. The lowest BCUT2D eigenvalue weighted by Gasteiger charge is -2.16. The van der Waals surface area contributed by atoms with E-state index in [9.17, 15) is 10.0 Å². The largest absolute Gasteiger partial charge is 0.497 e. The lowest BCUT2D eigenvalue weighted by Crippen LogP contribution is -2.22. The normalized spacial score (nSPS) is 13.2. The zero-order valence-electron chi connectivity index (χ0n) is 15.9. The van der Waals surface area contributed by atoms with E-state index >= 15 is 0 Å². The van der Waals surface area contributed by atoms with Crippen molar-refractivity contribution in [3.05, 3.63) is 51.6 Å². The van der Waals surface area contributed by atoms with Crippen molar-refractivity contribution in [3.63, 3.8) is 0 Å². The summed E-state index contributed by atoms with van der Waals surface area (Å²) in [5.74, 6) is 0.736. The summed E-state index contributed by atoms with van der Waals surface area (Å²) in [6.07, 6.45) is 3.10. The van der Waals surface area contributed by atoms with E-state index in [2.05, 4.69) is 24.0 Å². The highest BCUT2D eigenvalue weighted by atomic mass is 32.2. The standard InChI is InChI=1S/C19H27N3O3S2/c1-5-14(15-7-9-17(25-4)10-8-15)11-16(22-24)12-18(27-20)26-13(3)19(23)21-6-2/h7-10,12,14,24H,3,5-6,11,20H2,1-2,4H3,(H,21,23)/b18-12-,22-16+. The number of nitrogens with one attached hydrogen (secondary N) is 1. The third-order valence-corrected chi connectivity index (χ3v) is 5.52. The topological polar surface area (TPSA) is 96.9 Å². The van der Waals surface area contributed by atoms with Gasteiger partial charge in [0.15, 0.2) is 0 Å². The molecule has 0 spiro atoms. The summed E-state index contributed by atoms with van der Waals surface area (Å²) in [5.41, 5.74) is 1.62. The second-order valence-electron chi connectivity index (χ2n) is 5.64. The van der Waals surface area contributed by atoms with Gasteiger partial charge in [-0.3, -0.25) is 9.93 Å². The van der Waals surface area contributed by atoms with Crippen molar-refractivity contribution in [2.24, 2.45) is 10.3 Å². The average Bonchev–Trinajstić information content (AvgIpc) is 2.70. The monoisotopic (exact) mass is 409 g/mol. The van der Waals surface area contributed by atoms with Crippen molar-refractivity contribution in [2.45, 2.75) is 32.6 Å². The van der Waals surface area contributed by atoms with Crippen LogP contribution < -0.4 is 15.2 Å². The van der Waals surface area contributed by atoms with Crippen molar-refractivity contribution in [2.75, 3.05) is 13.7 Å². The van der Waals surface area contributed by atoms with Crippen LogP contribution in [0.3, 0.4) is 0 Å². The van der Waals surface area contributed by atoms with Gasteiger partial charge in [-0.2, -0.15) is 0 Å². The quantitative estimate of drug-likeness (QED) is 0.166. The van der Waals surface area contributed by atoms with E-state index in [-0.39, 0.29) is 11.8 Å². The zero-order valence-corrected chi connectivity index (χ0v) is 17.5. The number of nitrogens with two attached hydrogens (primary N) is 1. The molecule has 1 aromatic carbocycles. The molecule has 0 bridgehead atoms. The summed E-state index contributed by atoms with van der Waals surface area (Å²) >= 11 is 2.14. The summed E-state index contributed by atoms with van der Waals surface area (Å²) in [7, 11) is 1.63. The van der Waals surface area contributed by atoms with Crippen molar-refractivity contribution in [3.8, 4) is 5.75 Å². The van der Waals surface area contributed by atoms with Gasteiger partial charge in [0.25, 0.3) is 5.91 Å². The molecule has 8 heteroatoms. The molecule has 148 valence electrons. The van der Waals surface area contributed by atoms with Crippen LogP contribution in [0.1, 0.15) is 38.2 Å². The molecule has 27 heavy (non-hydrogen) atoms. The molecule has 0 saturated heterocycles. The van der Waals surface area contributed by atoms with Gasteiger partial charge in [0.2, 0.25) is 0 Å². The van der Waals surface area contributed by atoms with Gasteiger partial charge < -0.3 is 15.3 Å². The second-order valence-corrected chi connectivity index (χ2v) is 7.71. The number of hydrogen-bond donors (Lipinski definition) is 3. The molecule has 1 amide bonds. The summed E-state index contributed by atoms with van der Waals surface area (Å²) < 4.78 is 5.82. The van der Waals surface area contributed by atoms with E-state index < -0.39 is 0 Å². The predicted molar refractivity (Wildman–Crippen MR) is 115 cm³/mol. The lowest BCUT2D eigenvalue weighted by molar-refractivity contribution is -0.116. The van der Waals surface area contributed by atoms with Crippen LogP contribution in [-0.2, 0) is 4.79 Å². The van der Waals surface area contributed by atoms with Gasteiger partial charge in [-0.1, -0.05) is 42.6 Å². The van der Waals surface area contributed by atoms with Crippen LogP contribution >= 0.6 is 23.7 Å². The highest BCUT2D eigenvalue weighted by Crippen LogP contribution is 2.32. The molecule has 0 fully saturated rings. The molecule has 6 nitrogen and oxygen atoms in total. The number of hydrogen-bond acceptors (Lipinski definition) is 7. The van der Waals surface area contributed by atoms with E-state index in [1.165, 1.54) is 0 Å². The number of amides is 1. The fourth-order valence-electron chi connectivity index (χ4n) is 2.41. The number of thioether (sulfide) groups is 1. The Kier molecular flexibility index (Phi) is 10.7. The minimum Gasteiger partial charge on any atom is -0.497 e. The first-order valence-corrected chi connectivity index (χ1v) is 10.3. The Hall–Kier alpha value is -1.90. The van der Waals surface area contributed by atoms with Crippen molar-refractivity contribution >= 4 is 35.3 Å². The van der Waals surface area contributed by atoms with E-state index in [1.807, 2.05) is 31.2 Å². The number of methoxy groups -OCH3 is 1. The van der Waals surface area contributed by atoms with Crippen LogP contribution in [0.15, 0.2) is 51.2 Å². The number of oxime groups is 1. The number of benzene rings is 1. The highest BCUT2D eigenvalue weighted by Gasteiger charge is 2.15. The third kappa shape index (κ3) is 7.70. The van der Waals surface area contributed by atoms with Crippen LogP contribution in [-0.4, -0.2) is 30.5 Å². The van der Waals surface area contributed by atoms with E-state index in [1.54, 1.807) is 13.2 Å². The molecule has 0 aromatic heterocycles. The maximum atomic E-state index is 11.8. The van der Waals surface area contributed by atoms with Crippen LogP contribution in [0, 0.1) is 0 Å². The average molecular weight is 410 g/mol. The number of nitrogens with zero attached hydrogens (tertiary/aromatic N) is 1. The van der Waals surface area contributed by atoms with Gasteiger partial charge in [-0.05, 0) is 61.4 Å². The van der Waals surface area contributed by atoms with Crippen molar-refractivity contribution in [1.29, 1.82) is 0 Å². The van der Waals surface area contributed by atoms with E-state index in [0.717, 1.165) is 41.4 Å². The number of likely N-dealkylation sites (N-methyl/N-ethyl adjacent to an activating group) is 1. The first kappa shape index (κ1) is 23.1. The second kappa shape index (κ2) is 12.5. The van der Waals surface area contributed by atoms with Gasteiger partial charge in [-0.25, -0.2) is 0 Å². The van der Waals surface area contributed by atoms with E-state index in [0.29, 0.717) is 27.8 Å². The molecule has 0 saturated carbocycles. The summed E-state index contributed by atoms with van der Waals surface area (Å²) in [5, 5.41) is 21.2. The first-order valence-electron chi connectivity index (χ1n) is 8.57. The molecule has 1 atom stereocenters. The zero-order chi connectivity index (χ0) is 20.2. The molecule has 1 unspecified atom stereocenters. The Labute approximate surface area is 169 Å². The maximum Gasteiger partial charge on any atom is 0.257 e. The molecule has 4 N–H and O–H groups in total. The third-order valence-electron chi connectivity index (χ3n) is 3.88. The fraction of sp³-hybridized carbons (Fsp3) is 0.368. The highest BCUT2D eigenvalue weighted by molar-refractivity contribution is 8.23. The smallest absolute Gasteiger partial charge is 0.257 e. The summed E-state index contributed by atoms with van der Waals surface area (Å²) in [4.78, 5) is 12.1. The number of carbonyl (C=O) groups excluding carboxylic acids is 1. The van der Waals surface area contributed by atoms with Gasteiger partial charge in [-0.15, -0.1) is 0 Å². The van der Waals surface area contributed by atoms with Gasteiger partial charge >= 0.3 is 0 Å². The molecule has 0 aliphatic rings. The predicted octanol–water partition coefficient (Wildman–Crippen LogP) is 4.24. The van der Waals surface area contributed by atoms with Gasteiger partial charge in [0.1, 0.15) is 5.75 Å². The van der Waals surface area contributed by atoms with Crippen LogP contribution in [0.25, 0.3) is 0 Å². The first-order chi connectivity index (χ1) is 13.0. The number of carbonyl (C=O) groups is 1. The van der Waals surface area contributed by atoms with Crippen LogP contribution in [0.2, 0.25) is 0 Å². The molecule has 0 heterocycles. The Morgan fingerprint density at radius 2 is 2.07 bits per heavy atom. The van der Waals surface area contributed by atoms with Crippen LogP contribution in [0.5, 0.6) is 5.75 Å². The van der Waals surface area contributed by atoms with E-state index in [4.69, 9.17) is 9.88 Å². The summed E-state index contributed by atoms with van der Waals surface area (Å²) in [6, 6.07) is 7.85.